The van der Waals surface area contributed by atoms with Gasteiger partial charge in [-0.15, -0.1) is 0 Å². The van der Waals surface area contributed by atoms with Gasteiger partial charge < -0.3 is 10.1 Å². The molecule has 0 radical (unpaired) electrons. The Morgan fingerprint density at radius 1 is 1.35 bits per heavy atom. The van der Waals surface area contributed by atoms with Crippen molar-refractivity contribution in [3.8, 4) is 5.88 Å². The summed E-state index contributed by atoms with van der Waals surface area (Å²) in [6, 6.07) is 4.79. The minimum absolute atomic E-state index is 0.165. The first-order valence-corrected chi connectivity index (χ1v) is 7.12. The largest absolute Gasteiger partial charge is 0.481 e. The van der Waals surface area contributed by atoms with Crippen LogP contribution in [0.25, 0.3) is 0 Å². The molecule has 0 spiro atoms. The van der Waals surface area contributed by atoms with Gasteiger partial charge in [0, 0.05) is 24.7 Å². The number of carbonyl (C=O) groups excluding carboxylic acids is 2. The molecule has 8 heteroatoms. The number of carbonyl (C=O) groups is 2. The van der Waals surface area contributed by atoms with Gasteiger partial charge in [-0.2, -0.15) is 5.10 Å². The van der Waals surface area contributed by atoms with E-state index in [1.165, 1.54) is 12.0 Å². The van der Waals surface area contributed by atoms with Crippen LogP contribution >= 0.6 is 0 Å². The average molecular weight is 315 g/mol. The summed E-state index contributed by atoms with van der Waals surface area (Å²) in [5.41, 5.74) is -0.246. The Balaban J connectivity index is 1.78. The Morgan fingerprint density at radius 3 is 2.87 bits per heavy atom. The molecule has 1 aliphatic rings. The topological polar surface area (TPSA) is 89.4 Å². The van der Waals surface area contributed by atoms with Crippen LogP contribution in [0.5, 0.6) is 5.88 Å². The van der Waals surface area contributed by atoms with Gasteiger partial charge in [0.15, 0.2) is 0 Å². The fraction of sp³-hybridized carbons (Fsp3) is 0.333. The maximum atomic E-state index is 12.7. The summed E-state index contributed by atoms with van der Waals surface area (Å²) < 4.78 is 6.68. The van der Waals surface area contributed by atoms with Crippen LogP contribution in [-0.2, 0) is 17.9 Å². The monoisotopic (exact) mass is 315 g/mol. The predicted molar refractivity (Wildman–Crippen MR) is 80.5 cm³/mol. The van der Waals surface area contributed by atoms with Crippen molar-refractivity contribution in [3.05, 3.63) is 42.4 Å². The van der Waals surface area contributed by atoms with E-state index in [2.05, 4.69) is 15.4 Å². The number of hydrogen-bond acceptors (Lipinski definition) is 5. The predicted octanol–water partition coefficient (Wildman–Crippen LogP) is 0.797. The summed E-state index contributed by atoms with van der Waals surface area (Å²) in [5, 5.41) is 6.83. The molecule has 1 saturated heterocycles. The van der Waals surface area contributed by atoms with Crippen LogP contribution in [0.1, 0.15) is 12.5 Å². The SMILES string of the molecule is COc1cc(CN2C(=O)NC(C)(Cn3cccn3)C2=O)ccn1. The molecule has 1 atom stereocenters. The second-order valence-corrected chi connectivity index (χ2v) is 5.56. The standard InChI is InChI=1S/C15H17N5O3/c1-15(10-19-7-3-5-17-19)13(21)20(14(22)18-15)9-11-4-6-16-12(8-11)23-2/h3-8H,9-10H2,1-2H3,(H,18,22). The van der Waals surface area contributed by atoms with Crippen molar-refractivity contribution in [2.45, 2.75) is 25.6 Å². The van der Waals surface area contributed by atoms with Crippen LogP contribution < -0.4 is 10.1 Å². The maximum Gasteiger partial charge on any atom is 0.325 e. The van der Waals surface area contributed by atoms with Crippen LogP contribution in [0.3, 0.4) is 0 Å². The van der Waals surface area contributed by atoms with E-state index in [0.29, 0.717) is 5.88 Å². The lowest BCUT2D eigenvalue weighted by Crippen LogP contribution is -2.47. The second-order valence-electron chi connectivity index (χ2n) is 5.56. The highest BCUT2D eigenvalue weighted by molar-refractivity contribution is 6.06. The van der Waals surface area contributed by atoms with E-state index in [9.17, 15) is 9.59 Å². The van der Waals surface area contributed by atoms with Gasteiger partial charge in [-0.3, -0.25) is 14.4 Å². The molecular weight excluding hydrogens is 298 g/mol. The lowest BCUT2D eigenvalue weighted by molar-refractivity contribution is -0.131. The third kappa shape index (κ3) is 2.87. The molecule has 3 heterocycles. The minimum atomic E-state index is -1.01. The normalized spacial score (nSPS) is 20.7. The number of rotatable bonds is 5. The Bertz CT molecular complexity index is 730. The number of nitrogens with one attached hydrogen (secondary N) is 1. The third-order valence-corrected chi connectivity index (χ3v) is 3.73. The molecule has 0 bridgehead atoms. The van der Waals surface area contributed by atoms with Crippen molar-refractivity contribution in [1.29, 1.82) is 0 Å². The zero-order chi connectivity index (χ0) is 16.4. The molecule has 0 saturated carbocycles. The maximum absolute atomic E-state index is 12.7. The van der Waals surface area contributed by atoms with Gasteiger partial charge in [-0.25, -0.2) is 9.78 Å². The van der Waals surface area contributed by atoms with E-state index < -0.39 is 11.6 Å². The molecule has 8 nitrogen and oxygen atoms in total. The zero-order valence-electron chi connectivity index (χ0n) is 12.9. The average Bonchev–Trinajstić information content (AvgIpc) is 3.10. The fourth-order valence-electron chi connectivity index (χ4n) is 2.56. The first-order valence-electron chi connectivity index (χ1n) is 7.12. The number of imide groups is 1. The Hall–Kier alpha value is -2.90. The van der Waals surface area contributed by atoms with Crippen molar-refractivity contribution in [3.63, 3.8) is 0 Å². The van der Waals surface area contributed by atoms with Crippen molar-refractivity contribution in [2.24, 2.45) is 0 Å². The first kappa shape index (κ1) is 15.0. The smallest absolute Gasteiger partial charge is 0.325 e. The lowest BCUT2D eigenvalue weighted by atomic mass is 10.0. The van der Waals surface area contributed by atoms with Gasteiger partial charge in [-0.1, -0.05) is 0 Å². The van der Waals surface area contributed by atoms with Gasteiger partial charge in [-0.05, 0) is 24.6 Å². The Kier molecular flexibility index (Phi) is 3.73. The quantitative estimate of drug-likeness (QED) is 0.824. The second kappa shape index (κ2) is 5.71. The molecule has 2 aromatic rings. The number of hydrogen-bond donors (Lipinski definition) is 1. The highest BCUT2D eigenvalue weighted by atomic mass is 16.5. The summed E-state index contributed by atoms with van der Waals surface area (Å²) in [4.78, 5) is 30.1. The Morgan fingerprint density at radius 2 is 2.17 bits per heavy atom. The molecule has 0 aliphatic carbocycles. The summed E-state index contributed by atoms with van der Waals surface area (Å²) in [6.45, 7) is 2.14. The van der Waals surface area contributed by atoms with Crippen LogP contribution in [0, 0.1) is 0 Å². The highest BCUT2D eigenvalue weighted by Gasteiger charge is 2.48. The molecule has 1 fully saturated rings. The van der Waals surface area contributed by atoms with Crippen LogP contribution in [-0.4, -0.2) is 44.3 Å². The van der Waals surface area contributed by atoms with Crippen molar-refractivity contribution >= 4 is 11.9 Å². The zero-order valence-corrected chi connectivity index (χ0v) is 12.9. The van der Waals surface area contributed by atoms with Gasteiger partial charge in [0.1, 0.15) is 5.54 Å². The van der Waals surface area contributed by atoms with E-state index in [1.54, 1.807) is 48.4 Å². The third-order valence-electron chi connectivity index (χ3n) is 3.73. The number of pyridine rings is 1. The minimum Gasteiger partial charge on any atom is -0.481 e. The van der Waals surface area contributed by atoms with Gasteiger partial charge >= 0.3 is 6.03 Å². The number of methoxy groups -OCH3 is 1. The molecule has 0 aromatic carbocycles. The van der Waals surface area contributed by atoms with E-state index in [-0.39, 0.29) is 19.0 Å². The number of amides is 3. The van der Waals surface area contributed by atoms with Crippen molar-refractivity contribution in [1.82, 2.24) is 25.0 Å². The van der Waals surface area contributed by atoms with E-state index in [1.807, 2.05) is 0 Å². The van der Waals surface area contributed by atoms with E-state index >= 15 is 0 Å². The summed E-state index contributed by atoms with van der Waals surface area (Å²) in [6.07, 6.45) is 4.96. The highest BCUT2D eigenvalue weighted by Crippen LogP contribution is 2.22. The molecule has 1 N–H and O–H groups in total. The van der Waals surface area contributed by atoms with Crippen LogP contribution in [0.15, 0.2) is 36.8 Å². The van der Waals surface area contributed by atoms with Crippen LogP contribution in [0.2, 0.25) is 0 Å². The van der Waals surface area contributed by atoms with Gasteiger partial charge in [0.2, 0.25) is 5.88 Å². The van der Waals surface area contributed by atoms with Gasteiger partial charge in [0.05, 0.1) is 20.2 Å². The molecular formula is C15H17N5O3. The Labute approximate surface area is 133 Å². The molecule has 1 unspecified atom stereocenters. The van der Waals surface area contributed by atoms with Crippen LogP contribution in [0.4, 0.5) is 4.79 Å². The molecule has 120 valence electrons. The molecule has 3 rings (SSSR count). The van der Waals surface area contributed by atoms with Gasteiger partial charge in [0.25, 0.3) is 5.91 Å². The molecule has 1 aliphatic heterocycles. The summed E-state index contributed by atoms with van der Waals surface area (Å²) in [7, 11) is 1.51. The van der Waals surface area contributed by atoms with E-state index in [4.69, 9.17) is 4.74 Å². The number of aromatic nitrogens is 3. The summed E-state index contributed by atoms with van der Waals surface area (Å²) >= 11 is 0. The number of nitrogens with zero attached hydrogens (tertiary/aromatic N) is 4. The molecule has 2 aromatic heterocycles. The first-order chi connectivity index (χ1) is 11.0. The lowest BCUT2D eigenvalue weighted by Gasteiger charge is -2.21. The number of ether oxygens (including phenoxy) is 1. The fourth-order valence-corrected chi connectivity index (χ4v) is 2.56. The summed E-state index contributed by atoms with van der Waals surface area (Å²) in [5.74, 6) is 0.155. The van der Waals surface area contributed by atoms with E-state index in [0.717, 1.165) is 5.56 Å². The van der Waals surface area contributed by atoms with Crippen molar-refractivity contribution < 1.29 is 14.3 Å². The number of urea groups is 1. The molecule has 3 amide bonds. The molecule has 23 heavy (non-hydrogen) atoms. The van der Waals surface area contributed by atoms with Crippen molar-refractivity contribution in [2.75, 3.05) is 7.11 Å².